The zero-order chi connectivity index (χ0) is 21.4. The fourth-order valence-corrected chi connectivity index (χ4v) is 4.17. The molecule has 3 aromatic carbocycles. The van der Waals surface area contributed by atoms with Crippen LogP contribution < -0.4 is 5.32 Å². The predicted octanol–water partition coefficient (Wildman–Crippen LogP) is 7.99. The highest BCUT2D eigenvalue weighted by Gasteiger charge is 2.20. The molecule has 0 aliphatic rings. The minimum atomic E-state index is -0.341. The number of benzene rings is 3. The van der Waals surface area contributed by atoms with Crippen LogP contribution in [0.4, 0.5) is 5.69 Å². The van der Waals surface area contributed by atoms with Crippen molar-refractivity contribution in [1.82, 2.24) is 4.98 Å². The smallest absolute Gasteiger partial charge is 0.256 e. The second-order valence-electron chi connectivity index (χ2n) is 6.60. The Labute approximate surface area is 197 Å². The molecule has 1 N–H and O–H groups in total. The summed E-state index contributed by atoms with van der Waals surface area (Å²) in [7, 11) is 0. The van der Waals surface area contributed by atoms with Crippen molar-refractivity contribution in [2.45, 2.75) is 6.92 Å². The summed E-state index contributed by atoms with van der Waals surface area (Å²) in [5.41, 5.74) is 3.87. The summed E-state index contributed by atoms with van der Waals surface area (Å²) in [6, 6.07) is 19.7. The quantitative estimate of drug-likeness (QED) is 0.279. The topological polar surface area (TPSA) is 42.0 Å². The Bertz CT molecular complexity index is 1290. The van der Waals surface area contributed by atoms with E-state index in [0.29, 0.717) is 11.1 Å². The van der Waals surface area contributed by atoms with E-state index in [9.17, 15) is 4.79 Å². The minimum absolute atomic E-state index is 0.181. The fraction of sp³-hybridized carbons (Fsp3) is 0.0435. The van der Waals surface area contributed by atoms with E-state index >= 15 is 0 Å². The predicted molar refractivity (Wildman–Crippen MR) is 128 cm³/mol. The van der Waals surface area contributed by atoms with Crippen molar-refractivity contribution in [2.24, 2.45) is 0 Å². The lowest BCUT2D eigenvalue weighted by Crippen LogP contribution is -2.15. The first-order valence-corrected chi connectivity index (χ1v) is 10.8. The monoisotopic (exact) mass is 517 g/mol. The molecule has 0 saturated heterocycles. The standard InChI is InChI=1S/C23H13BrCl3N2O/c1-12-21(23(30)29-20-11-17(26)16(25)10-18(20)27)15-9-14(24)7-8-19(15)28-22(12)13-5-3-2-4-6-13/h2-10H,1H3,(H,29,30). The maximum absolute atomic E-state index is 13.4. The fourth-order valence-electron chi connectivity index (χ4n) is 3.24. The van der Waals surface area contributed by atoms with E-state index < -0.39 is 0 Å². The van der Waals surface area contributed by atoms with E-state index in [1.807, 2.05) is 55.5 Å². The van der Waals surface area contributed by atoms with Crippen LogP contribution in [0.1, 0.15) is 15.9 Å². The summed E-state index contributed by atoms with van der Waals surface area (Å²) in [6.07, 6.45) is 0. The zero-order valence-corrected chi connectivity index (χ0v) is 19.4. The van der Waals surface area contributed by atoms with Crippen LogP contribution >= 0.6 is 50.7 Å². The van der Waals surface area contributed by atoms with Gasteiger partial charge in [-0.1, -0.05) is 81.1 Å². The van der Waals surface area contributed by atoms with Crippen LogP contribution in [0.5, 0.6) is 0 Å². The third-order valence-electron chi connectivity index (χ3n) is 4.64. The van der Waals surface area contributed by atoms with Gasteiger partial charge in [0.2, 0.25) is 0 Å². The molecule has 149 valence electrons. The summed E-state index contributed by atoms with van der Waals surface area (Å²) in [5, 5.41) is 4.22. The highest BCUT2D eigenvalue weighted by Crippen LogP contribution is 2.34. The van der Waals surface area contributed by atoms with Crippen molar-refractivity contribution in [3.8, 4) is 11.3 Å². The molecule has 1 radical (unpaired) electrons. The van der Waals surface area contributed by atoms with Crippen LogP contribution in [-0.2, 0) is 0 Å². The number of rotatable bonds is 3. The number of carbonyl (C=O) groups excluding carboxylic acids is 1. The number of fused-ring (bicyclic) bond motifs is 1. The third kappa shape index (κ3) is 4.06. The number of halogens is 4. The highest BCUT2D eigenvalue weighted by atomic mass is 79.9. The van der Waals surface area contributed by atoms with Gasteiger partial charge in [0.15, 0.2) is 0 Å². The summed E-state index contributed by atoms with van der Waals surface area (Å²) >= 11 is 21.7. The summed E-state index contributed by atoms with van der Waals surface area (Å²) < 4.78 is 0.844. The van der Waals surface area contributed by atoms with Crippen molar-refractivity contribution in [3.05, 3.63) is 91.3 Å². The minimum Gasteiger partial charge on any atom is -0.320 e. The number of anilines is 1. The van der Waals surface area contributed by atoms with Crippen LogP contribution in [0.25, 0.3) is 22.2 Å². The molecule has 30 heavy (non-hydrogen) atoms. The Balaban J connectivity index is 1.90. The van der Waals surface area contributed by atoms with E-state index in [4.69, 9.17) is 39.8 Å². The molecule has 0 atom stereocenters. The van der Waals surface area contributed by atoms with E-state index in [1.165, 1.54) is 6.07 Å². The van der Waals surface area contributed by atoms with Gasteiger partial charge in [0.1, 0.15) is 0 Å². The Kier molecular flexibility index (Phi) is 6.03. The van der Waals surface area contributed by atoms with Crippen LogP contribution in [0.3, 0.4) is 0 Å². The first kappa shape index (κ1) is 21.1. The Morgan fingerprint density at radius 1 is 1.03 bits per heavy atom. The average molecular weight is 520 g/mol. The van der Waals surface area contributed by atoms with Crippen LogP contribution in [-0.4, -0.2) is 10.9 Å². The second-order valence-corrected chi connectivity index (χ2v) is 8.70. The molecule has 0 unspecified atom stereocenters. The van der Waals surface area contributed by atoms with Gasteiger partial charge in [-0.05, 0) is 36.8 Å². The number of nitrogens with zero attached hydrogens (tertiary/aromatic N) is 1. The molecule has 1 amide bonds. The summed E-state index contributed by atoms with van der Waals surface area (Å²) in [6.45, 7) is 1.88. The molecule has 0 bridgehead atoms. The van der Waals surface area contributed by atoms with Gasteiger partial charge < -0.3 is 5.32 Å². The SMILES string of the molecule is Cc1c(-c2ccccc2)nc2ccc(Br)cc2c1C(=O)Nc1[c]c(Cl)c(Cl)cc1Cl. The van der Waals surface area contributed by atoms with E-state index in [-0.39, 0.29) is 26.7 Å². The molecule has 1 heterocycles. The van der Waals surface area contributed by atoms with Crippen molar-refractivity contribution < 1.29 is 4.79 Å². The lowest BCUT2D eigenvalue weighted by molar-refractivity contribution is 0.102. The third-order valence-corrected chi connectivity index (χ3v) is 6.12. The van der Waals surface area contributed by atoms with E-state index in [0.717, 1.165) is 26.7 Å². The molecular weight excluding hydrogens is 507 g/mol. The number of carbonyl (C=O) groups is 1. The molecule has 0 aliphatic heterocycles. The van der Waals surface area contributed by atoms with E-state index in [2.05, 4.69) is 27.3 Å². The van der Waals surface area contributed by atoms with Gasteiger partial charge in [0.25, 0.3) is 5.91 Å². The Morgan fingerprint density at radius 3 is 2.50 bits per heavy atom. The number of hydrogen-bond acceptors (Lipinski definition) is 2. The highest BCUT2D eigenvalue weighted by molar-refractivity contribution is 9.10. The normalized spacial score (nSPS) is 11.0. The molecule has 7 heteroatoms. The maximum Gasteiger partial charge on any atom is 0.256 e. The summed E-state index contributed by atoms with van der Waals surface area (Å²) in [5.74, 6) is -0.341. The molecule has 4 aromatic rings. The molecular formula is C23H13BrCl3N2O. The molecule has 1 aromatic heterocycles. The lowest BCUT2D eigenvalue weighted by atomic mass is 9.97. The van der Waals surface area contributed by atoms with Crippen LogP contribution in [0.2, 0.25) is 15.1 Å². The Morgan fingerprint density at radius 2 is 1.77 bits per heavy atom. The van der Waals surface area contributed by atoms with Gasteiger partial charge in [0.05, 0.1) is 37.5 Å². The lowest BCUT2D eigenvalue weighted by Gasteiger charge is -2.16. The largest absolute Gasteiger partial charge is 0.320 e. The van der Waals surface area contributed by atoms with Gasteiger partial charge in [-0.15, -0.1) is 0 Å². The molecule has 0 saturated carbocycles. The molecule has 0 spiro atoms. The van der Waals surface area contributed by atoms with Gasteiger partial charge in [-0.25, -0.2) is 4.98 Å². The van der Waals surface area contributed by atoms with Gasteiger partial charge in [-0.2, -0.15) is 0 Å². The first-order chi connectivity index (χ1) is 14.3. The number of amides is 1. The Hall–Kier alpha value is -2.11. The molecule has 0 aliphatic carbocycles. The van der Waals surface area contributed by atoms with Crippen LogP contribution in [0.15, 0.2) is 59.1 Å². The van der Waals surface area contributed by atoms with Crippen molar-refractivity contribution >= 4 is 73.2 Å². The number of aromatic nitrogens is 1. The number of hydrogen-bond donors (Lipinski definition) is 1. The average Bonchev–Trinajstić information content (AvgIpc) is 2.72. The zero-order valence-electron chi connectivity index (χ0n) is 15.6. The molecule has 3 nitrogen and oxygen atoms in total. The number of nitrogens with one attached hydrogen (secondary N) is 1. The van der Waals surface area contributed by atoms with Crippen LogP contribution in [0, 0.1) is 13.0 Å². The first-order valence-electron chi connectivity index (χ1n) is 8.88. The molecule has 4 rings (SSSR count). The van der Waals surface area contributed by atoms with Gasteiger partial charge >= 0.3 is 0 Å². The summed E-state index contributed by atoms with van der Waals surface area (Å²) in [4.78, 5) is 18.2. The van der Waals surface area contributed by atoms with Gasteiger partial charge in [0, 0.05) is 21.5 Å². The molecule has 0 fully saturated rings. The van der Waals surface area contributed by atoms with Crippen molar-refractivity contribution in [2.75, 3.05) is 5.32 Å². The van der Waals surface area contributed by atoms with E-state index in [1.54, 1.807) is 0 Å². The second kappa shape index (κ2) is 8.56. The van der Waals surface area contributed by atoms with Crippen molar-refractivity contribution in [3.63, 3.8) is 0 Å². The maximum atomic E-state index is 13.4. The van der Waals surface area contributed by atoms with Gasteiger partial charge in [-0.3, -0.25) is 4.79 Å². The number of pyridine rings is 1. The van der Waals surface area contributed by atoms with Crippen molar-refractivity contribution in [1.29, 1.82) is 0 Å².